The fourth-order valence-electron chi connectivity index (χ4n) is 5.54. The first kappa shape index (κ1) is 26.1. The number of aliphatic hydroxyl groups excluding tert-OH is 1. The number of nitrogens with zero attached hydrogens (tertiary/aromatic N) is 4. The maximum Gasteiger partial charge on any atom is 0.303 e. The zero-order valence-electron chi connectivity index (χ0n) is 21.3. The molecule has 1 aliphatic heterocycles. The van der Waals surface area contributed by atoms with Crippen LogP contribution in [0.4, 0.5) is 0 Å². The number of pyridine rings is 1. The van der Waals surface area contributed by atoms with E-state index in [9.17, 15) is 15.0 Å². The average Bonchev–Trinajstić information content (AvgIpc) is 3.29. The number of aromatic nitrogens is 3. The van der Waals surface area contributed by atoms with E-state index in [-0.39, 0.29) is 12.3 Å². The second kappa shape index (κ2) is 12.3. The molecule has 4 rings (SSSR count). The second-order valence-electron chi connectivity index (χ2n) is 10.00. The van der Waals surface area contributed by atoms with Gasteiger partial charge in [-0.3, -0.25) is 9.78 Å². The van der Waals surface area contributed by atoms with E-state index in [4.69, 9.17) is 4.74 Å². The van der Waals surface area contributed by atoms with Gasteiger partial charge in [0.05, 0.1) is 18.7 Å². The van der Waals surface area contributed by atoms with E-state index >= 15 is 0 Å². The number of hydrogen-bond acceptors (Lipinski definition) is 6. The van der Waals surface area contributed by atoms with E-state index in [1.54, 1.807) is 13.3 Å². The van der Waals surface area contributed by atoms with E-state index in [0.717, 1.165) is 79.8 Å². The Hall–Kier alpha value is -2.97. The first-order valence-electron chi connectivity index (χ1n) is 13.0. The number of methoxy groups -OCH3 is 1. The summed E-state index contributed by atoms with van der Waals surface area (Å²) in [6.45, 7) is 2.78. The molecule has 2 N–H and O–H groups in total. The molecule has 0 unspecified atom stereocenters. The van der Waals surface area contributed by atoms with Gasteiger partial charge in [-0.1, -0.05) is 0 Å². The van der Waals surface area contributed by atoms with E-state index in [1.165, 1.54) is 0 Å². The molecule has 3 aromatic rings. The minimum absolute atomic E-state index is 0.104. The molecule has 3 atom stereocenters. The van der Waals surface area contributed by atoms with E-state index in [1.807, 2.05) is 43.7 Å². The van der Waals surface area contributed by atoms with Crippen molar-refractivity contribution in [1.82, 2.24) is 19.4 Å². The molecule has 1 fully saturated rings. The number of carboxylic acid groups (broad SMARTS) is 1. The van der Waals surface area contributed by atoms with Gasteiger partial charge in [0.1, 0.15) is 11.6 Å². The Morgan fingerprint density at radius 2 is 2.06 bits per heavy atom. The second-order valence-corrected chi connectivity index (χ2v) is 10.00. The smallest absolute Gasteiger partial charge is 0.303 e. The van der Waals surface area contributed by atoms with Crippen LogP contribution in [0.2, 0.25) is 0 Å². The number of ether oxygens (including phenoxy) is 1. The summed E-state index contributed by atoms with van der Waals surface area (Å²) >= 11 is 0. The molecule has 194 valence electrons. The van der Waals surface area contributed by atoms with Crippen molar-refractivity contribution < 1.29 is 19.7 Å². The van der Waals surface area contributed by atoms with Crippen LogP contribution in [0.25, 0.3) is 10.9 Å². The van der Waals surface area contributed by atoms with Gasteiger partial charge in [-0.25, -0.2) is 4.98 Å². The summed E-state index contributed by atoms with van der Waals surface area (Å²) in [6.07, 6.45) is 10.6. The highest BCUT2D eigenvalue weighted by molar-refractivity contribution is 5.83. The Bertz CT molecular complexity index is 1150. The van der Waals surface area contributed by atoms with Crippen LogP contribution in [-0.4, -0.2) is 62.4 Å². The normalized spacial score (nSPS) is 19.4. The number of hydrogen-bond donors (Lipinski definition) is 2. The summed E-state index contributed by atoms with van der Waals surface area (Å²) in [5, 5.41) is 21.5. The van der Waals surface area contributed by atoms with Crippen LogP contribution in [0, 0.1) is 11.8 Å². The highest BCUT2D eigenvalue weighted by Gasteiger charge is 2.31. The molecule has 1 saturated heterocycles. The van der Waals surface area contributed by atoms with Gasteiger partial charge in [0, 0.05) is 50.4 Å². The molecular formula is C28H38N4O4. The van der Waals surface area contributed by atoms with Crippen molar-refractivity contribution in [3.8, 4) is 5.75 Å². The molecular weight excluding hydrogens is 456 g/mol. The van der Waals surface area contributed by atoms with E-state index in [2.05, 4.69) is 19.4 Å². The zero-order chi connectivity index (χ0) is 25.5. The number of fused-ring (bicyclic) bond motifs is 1. The van der Waals surface area contributed by atoms with Crippen LogP contribution in [0.3, 0.4) is 0 Å². The fraction of sp³-hybridized carbons (Fsp3) is 0.536. The lowest BCUT2D eigenvalue weighted by Gasteiger charge is -2.38. The number of piperidine rings is 1. The largest absolute Gasteiger partial charge is 0.497 e. The van der Waals surface area contributed by atoms with E-state index in [0.29, 0.717) is 12.3 Å². The minimum Gasteiger partial charge on any atom is -0.497 e. The number of aliphatic hydroxyl groups is 1. The summed E-state index contributed by atoms with van der Waals surface area (Å²) in [5.74, 6) is 1.50. The molecule has 3 heterocycles. The predicted octanol–water partition coefficient (Wildman–Crippen LogP) is 4.23. The zero-order valence-corrected chi connectivity index (χ0v) is 21.3. The number of rotatable bonds is 12. The Kier molecular flexibility index (Phi) is 8.93. The fourth-order valence-corrected chi connectivity index (χ4v) is 5.54. The summed E-state index contributed by atoms with van der Waals surface area (Å²) in [7, 11) is 3.65. The van der Waals surface area contributed by atoms with Gasteiger partial charge in [0.15, 0.2) is 0 Å². The number of aryl methyl sites for hydroxylation is 2. The third-order valence-corrected chi connectivity index (χ3v) is 7.61. The van der Waals surface area contributed by atoms with E-state index < -0.39 is 12.1 Å². The number of unbranched alkanes of at least 4 members (excludes halogenated alkanes) is 1. The van der Waals surface area contributed by atoms with Crippen molar-refractivity contribution in [3.63, 3.8) is 0 Å². The molecule has 8 heteroatoms. The van der Waals surface area contributed by atoms with Gasteiger partial charge in [0.25, 0.3) is 0 Å². The quantitative estimate of drug-likeness (QED) is 0.364. The van der Waals surface area contributed by atoms with Crippen LogP contribution >= 0.6 is 0 Å². The number of imidazole rings is 1. The van der Waals surface area contributed by atoms with Crippen molar-refractivity contribution >= 4 is 16.9 Å². The van der Waals surface area contributed by atoms with Crippen molar-refractivity contribution in [2.45, 2.75) is 51.0 Å². The number of likely N-dealkylation sites (tertiary alicyclic amines) is 1. The third-order valence-electron chi connectivity index (χ3n) is 7.61. The maximum atomic E-state index is 11.6. The number of carboxylic acids is 1. The average molecular weight is 495 g/mol. The molecule has 0 radical (unpaired) electrons. The lowest BCUT2D eigenvalue weighted by Crippen LogP contribution is -2.41. The molecule has 2 aromatic heterocycles. The predicted molar refractivity (Wildman–Crippen MR) is 139 cm³/mol. The minimum atomic E-state index is -0.741. The molecule has 0 amide bonds. The Morgan fingerprint density at radius 3 is 2.81 bits per heavy atom. The Morgan fingerprint density at radius 1 is 1.19 bits per heavy atom. The van der Waals surface area contributed by atoms with Crippen LogP contribution in [0.1, 0.15) is 56.0 Å². The topological polar surface area (TPSA) is 101 Å². The van der Waals surface area contributed by atoms with Gasteiger partial charge in [-0.15, -0.1) is 0 Å². The standard InChI is InChI=1S/C28H38N4O4/c1-31-16-13-30-27(31)5-3-4-14-32-15-11-20(21(19-32)17-28(34)35)6-9-26(33)23-10-12-29-25-8-7-22(36-2)18-24(23)25/h7-8,10,12-13,16,18,20-21,26,33H,3-6,9,11,14-15,17,19H2,1-2H3,(H,34,35)/t20-,21+,26-/m1/s1. The lowest BCUT2D eigenvalue weighted by atomic mass is 9.79. The Balaban J connectivity index is 1.32. The third kappa shape index (κ3) is 6.62. The van der Waals surface area contributed by atoms with Crippen molar-refractivity contribution in [2.24, 2.45) is 18.9 Å². The number of aliphatic carboxylic acids is 1. The SMILES string of the molecule is COc1ccc2nccc([C@H](O)CC[C@@H]3CCN(CCCCc4nccn4C)C[C@@H]3CC(=O)O)c2c1. The summed E-state index contributed by atoms with van der Waals surface area (Å²) in [4.78, 5) is 22.8. The Labute approximate surface area is 212 Å². The monoisotopic (exact) mass is 494 g/mol. The summed E-state index contributed by atoms with van der Waals surface area (Å²) in [6, 6.07) is 7.56. The van der Waals surface area contributed by atoms with Crippen molar-refractivity contribution in [3.05, 3.63) is 54.2 Å². The van der Waals surface area contributed by atoms with Crippen LogP contribution in [0.15, 0.2) is 42.9 Å². The highest BCUT2D eigenvalue weighted by atomic mass is 16.5. The molecule has 0 bridgehead atoms. The maximum absolute atomic E-state index is 11.6. The lowest BCUT2D eigenvalue weighted by molar-refractivity contribution is -0.139. The van der Waals surface area contributed by atoms with Crippen molar-refractivity contribution in [1.29, 1.82) is 0 Å². The first-order chi connectivity index (χ1) is 17.4. The van der Waals surface area contributed by atoms with Crippen LogP contribution in [0.5, 0.6) is 5.75 Å². The molecule has 1 aromatic carbocycles. The summed E-state index contributed by atoms with van der Waals surface area (Å²) in [5.41, 5.74) is 1.67. The van der Waals surface area contributed by atoms with Crippen LogP contribution in [-0.2, 0) is 18.3 Å². The summed E-state index contributed by atoms with van der Waals surface area (Å²) < 4.78 is 7.42. The van der Waals surface area contributed by atoms with Gasteiger partial charge in [-0.2, -0.15) is 0 Å². The molecule has 0 saturated carbocycles. The van der Waals surface area contributed by atoms with Gasteiger partial charge in [0.2, 0.25) is 0 Å². The van der Waals surface area contributed by atoms with Crippen LogP contribution < -0.4 is 4.74 Å². The van der Waals surface area contributed by atoms with Crippen molar-refractivity contribution in [2.75, 3.05) is 26.7 Å². The number of benzene rings is 1. The molecule has 36 heavy (non-hydrogen) atoms. The van der Waals surface area contributed by atoms with Gasteiger partial charge < -0.3 is 24.4 Å². The van der Waals surface area contributed by atoms with Gasteiger partial charge >= 0.3 is 5.97 Å². The molecule has 1 aliphatic rings. The molecule has 8 nitrogen and oxygen atoms in total. The molecule has 0 aliphatic carbocycles. The molecule has 0 spiro atoms. The number of carbonyl (C=O) groups is 1. The highest BCUT2D eigenvalue weighted by Crippen LogP contribution is 2.34. The van der Waals surface area contributed by atoms with Gasteiger partial charge in [-0.05, 0) is 86.9 Å². The first-order valence-corrected chi connectivity index (χ1v) is 13.0.